The van der Waals surface area contributed by atoms with Gasteiger partial charge in [-0.1, -0.05) is 43.3 Å². The van der Waals surface area contributed by atoms with E-state index >= 15 is 0 Å². The van der Waals surface area contributed by atoms with Crippen LogP contribution in [0.1, 0.15) is 31.0 Å². The number of aliphatic hydroxyl groups is 1. The Hall–Kier alpha value is -2.71. The summed E-state index contributed by atoms with van der Waals surface area (Å²) in [6.07, 6.45) is 2.47. The molecule has 34 heavy (non-hydrogen) atoms. The van der Waals surface area contributed by atoms with Gasteiger partial charge in [0, 0.05) is 33.4 Å². The lowest BCUT2D eigenvalue weighted by molar-refractivity contribution is 0.0155. The van der Waals surface area contributed by atoms with Crippen LogP contribution in [0.15, 0.2) is 60.7 Å². The third kappa shape index (κ3) is 6.24. The van der Waals surface area contributed by atoms with Gasteiger partial charge in [-0.05, 0) is 43.5 Å². The van der Waals surface area contributed by atoms with Crippen molar-refractivity contribution in [3.8, 4) is 17.3 Å². The van der Waals surface area contributed by atoms with Gasteiger partial charge >= 0.3 is 0 Å². The lowest BCUT2D eigenvalue weighted by Gasteiger charge is -2.27. The Balaban J connectivity index is 1.70. The van der Waals surface area contributed by atoms with Crippen LogP contribution in [0, 0.1) is 0 Å². The fourth-order valence-corrected chi connectivity index (χ4v) is 4.42. The minimum atomic E-state index is -0.584. The summed E-state index contributed by atoms with van der Waals surface area (Å²) in [4.78, 5) is 2.24. The Bertz CT molecular complexity index is 1000. The van der Waals surface area contributed by atoms with Crippen molar-refractivity contribution in [1.29, 1.82) is 0 Å². The van der Waals surface area contributed by atoms with Crippen molar-refractivity contribution in [2.24, 2.45) is 0 Å². The van der Waals surface area contributed by atoms with Crippen molar-refractivity contribution < 1.29 is 19.3 Å². The molecule has 3 aromatic rings. The summed E-state index contributed by atoms with van der Waals surface area (Å²) in [6.45, 7) is 5.02. The Morgan fingerprint density at radius 1 is 1.15 bits per heavy atom. The second-order valence-electron chi connectivity index (χ2n) is 8.68. The Kier molecular flexibility index (Phi) is 8.71. The Labute approximate surface area is 201 Å². The summed E-state index contributed by atoms with van der Waals surface area (Å²) in [5, 5.41) is 15.5. The van der Waals surface area contributed by atoms with Crippen LogP contribution in [0.5, 0.6) is 11.6 Å². The van der Waals surface area contributed by atoms with E-state index in [9.17, 15) is 5.11 Å². The molecule has 2 atom stereocenters. The maximum Gasteiger partial charge on any atom is 0.227 e. The molecule has 0 amide bonds. The molecule has 1 fully saturated rings. The zero-order valence-corrected chi connectivity index (χ0v) is 20.1. The summed E-state index contributed by atoms with van der Waals surface area (Å²) in [6, 6.07) is 19.8. The SMILES string of the molecule is CCc1nn(-c2ccccc2)c(Oc2ccccc2)c1CN(C[C@H](O)COC)C[C@H]1CCCO1. The fourth-order valence-electron chi connectivity index (χ4n) is 4.42. The summed E-state index contributed by atoms with van der Waals surface area (Å²) in [7, 11) is 1.61. The molecule has 1 saturated heterocycles. The van der Waals surface area contributed by atoms with Gasteiger partial charge in [-0.15, -0.1) is 0 Å². The third-order valence-corrected chi connectivity index (χ3v) is 6.01. The summed E-state index contributed by atoms with van der Waals surface area (Å²) in [5.74, 6) is 1.46. The number of methoxy groups -OCH3 is 1. The van der Waals surface area contributed by atoms with E-state index < -0.39 is 6.10 Å². The monoisotopic (exact) mass is 465 g/mol. The van der Waals surface area contributed by atoms with Gasteiger partial charge in [0.15, 0.2) is 0 Å². The summed E-state index contributed by atoms with van der Waals surface area (Å²) in [5.41, 5.74) is 2.95. The molecule has 182 valence electrons. The van der Waals surface area contributed by atoms with Crippen LogP contribution < -0.4 is 4.74 Å². The largest absolute Gasteiger partial charge is 0.439 e. The van der Waals surface area contributed by atoms with Crippen LogP contribution in [0.2, 0.25) is 0 Å². The molecular weight excluding hydrogens is 430 g/mol. The first-order valence-corrected chi connectivity index (χ1v) is 12.1. The van der Waals surface area contributed by atoms with E-state index in [1.165, 1.54) is 0 Å². The van der Waals surface area contributed by atoms with Crippen molar-refractivity contribution in [2.45, 2.75) is 44.9 Å². The predicted octanol–water partition coefficient (Wildman–Crippen LogP) is 4.22. The molecule has 2 aromatic carbocycles. The highest BCUT2D eigenvalue weighted by Crippen LogP contribution is 2.32. The topological polar surface area (TPSA) is 69.0 Å². The number of rotatable bonds is 12. The molecule has 0 unspecified atom stereocenters. The van der Waals surface area contributed by atoms with E-state index in [-0.39, 0.29) is 6.10 Å². The molecule has 1 aliphatic heterocycles. The van der Waals surface area contributed by atoms with Crippen molar-refractivity contribution in [1.82, 2.24) is 14.7 Å². The predicted molar refractivity (Wildman–Crippen MR) is 132 cm³/mol. The van der Waals surface area contributed by atoms with Gasteiger partial charge in [0.25, 0.3) is 0 Å². The molecule has 7 heteroatoms. The van der Waals surface area contributed by atoms with Crippen LogP contribution in [-0.2, 0) is 22.4 Å². The number of para-hydroxylation sites is 2. The minimum absolute atomic E-state index is 0.169. The van der Waals surface area contributed by atoms with Crippen molar-refractivity contribution in [2.75, 3.05) is 33.4 Å². The maximum absolute atomic E-state index is 10.5. The molecule has 4 rings (SSSR count). The molecule has 1 aliphatic rings. The average molecular weight is 466 g/mol. The molecule has 0 bridgehead atoms. The van der Waals surface area contributed by atoms with E-state index in [4.69, 9.17) is 19.3 Å². The summed E-state index contributed by atoms with van der Waals surface area (Å²) >= 11 is 0. The molecule has 1 aromatic heterocycles. The number of aromatic nitrogens is 2. The van der Waals surface area contributed by atoms with Gasteiger partial charge in [0.05, 0.1) is 35.8 Å². The van der Waals surface area contributed by atoms with Crippen molar-refractivity contribution >= 4 is 0 Å². The third-order valence-electron chi connectivity index (χ3n) is 6.01. The number of aliphatic hydroxyl groups excluding tert-OH is 1. The zero-order chi connectivity index (χ0) is 23.8. The van der Waals surface area contributed by atoms with Gasteiger partial charge in [-0.25, -0.2) is 4.68 Å². The van der Waals surface area contributed by atoms with Crippen LogP contribution in [0.4, 0.5) is 0 Å². The lowest BCUT2D eigenvalue weighted by atomic mass is 10.1. The molecule has 7 nitrogen and oxygen atoms in total. The molecular formula is C27H35N3O4. The van der Waals surface area contributed by atoms with Crippen molar-refractivity contribution in [3.63, 3.8) is 0 Å². The normalized spacial score (nSPS) is 16.8. The molecule has 1 N–H and O–H groups in total. The van der Waals surface area contributed by atoms with Crippen LogP contribution in [0.3, 0.4) is 0 Å². The van der Waals surface area contributed by atoms with E-state index in [1.54, 1.807) is 7.11 Å². The van der Waals surface area contributed by atoms with E-state index in [0.717, 1.165) is 55.1 Å². The molecule has 2 heterocycles. The second kappa shape index (κ2) is 12.1. The molecule has 0 aliphatic carbocycles. The fraction of sp³-hybridized carbons (Fsp3) is 0.444. The minimum Gasteiger partial charge on any atom is -0.439 e. The smallest absolute Gasteiger partial charge is 0.227 e. The number of hydrogen-bond donors (Lipinski definition) is 1. The van der Waals surface area contributed by atoms with Crippen LogP contribution >= 0.6 is 0 Å². The maximum atomic E-state index is 10.5. The van der Waals surface area contributed by atoms with Gasteiger partial charge in [-0.2, -0.15) is 5.10 Å². The average Bonchev–Trinajstić information content (AvgIpc) is 3.48. The number of ether oxygens (including phenoxy) is 3. The van der Waals surface area contributed by atoms with Gasteiger partial charge < -0.3 is 19.3 Å². The van der Waals surface area contributed by atoms with Gasteiger partial charge in [0.2, 0.25) is 5.88 Å². The standard InChI is InChI=1S/C27H35N3O4/c1-3-26-25(19-29(17-22(31)20-32-2)18-24-15-10-16-33-24)27(34-23-13-8-5-9-14-23)30(28-26)21-11-6-4-7-12-21/h4-9,11-14,22,24,31H,3,10,15-20H2,1-2H3/t22-,24+/m0/s1. The summed E-state index contributed by atoms with van der Waals surface area (Å²) < 4.78 is 19.4. The number of nitrogens with zero attached hydrogens (tertiary/aromatic N) is 3. The van der Waals surface area contributed by atoms with Crippen molar-refractivity contribution in [3.05, 3.63) is 71.9 Å². The highest BCUT2D eigenvalue weighted by molar-refractivity contribution is 5.43. The number of aryl methyl sites for hydroxylation is 1. The molecule has 0 spiro atoms. The van der Waals surface area contributed by atoms with Gasteiger partial charge in [0.1, 0.15) is 5.75 Å². The first kappa shape index (κ1) is 24.4. The quantitative estimate of drug-likeness (QED) is 0.432. The molecule has 0 radical (unpaired) electrons. The van der Waals surface area contributed by atoms with E-state index in [1.807, 2.05) is 65.3 Å². The molecule has 0 saturated carbocycles. The Morgan fingerprint density at radius 2 is 1.88 bits per heavy atom. The number of benzene rings is 2. The van der Waals surface area contributed by atoms with Crippen LogP contribution in [0.25, 0.3) is 5.69 Å². The lowest BCUT2D eigenvalue weighted by Crippen LogP contribution is -2.39. The zero-order valence-electron chi connectivity index (χ0n) is 20.1. The highest BCUT2D eigenvalue weighted by atomic mass is 16.5. The van der Waals surface area contributed by atoms with Gasteiger partial charge in [-0.3, -0.25) is 4.90 Å². The Morgan fingerprint density at radius 3 is 2.53 bits per heavy atom. The second-order valence-corrected chi connectivity index (χ2v) is 8.68. The van der Waals surface area contributed by atoms with E-state index in [2.05, 4.69) is 11.8 Å². The van der Waals surface area contributed by atoms with Crippen LogP contribution in [-0.4, -0.2) is 65.4 Å². The number of hydrogen-bond acceptors (Lipinski definition) is 6. The first-order chi connectivity index (χ1) is 16.7. The first-order valence-electron chi connectivity index (χ1n) is 12.1. The highest BCUT2D eigenvalue weighted by Gasteiger charge is 2.26. The van der Waals surface area contributed by atoms with E-state index in [0.29, 0.717) is 25.6 Å².